The van der Waals surface area contributed by atoms with E-state index in [0.717, 1.165) is 18.5 Å². The molecular formula is C9H17PSe. The SMILES string of the molecule is C=CC[PH]([SeH])(CC=C)CC=C. The van der Waals surface area contributed by atoms with Crippen molar-refractivity contribution in [2.45, 2.75) is 0 Å². The van der Waals surface area contributed by atoms with E-state index in [-0.39, 0.29) is 0 Å². The molecule has 0 nitrogen and oxygen atoms in total. The Hall–Kier alpha value is 0.169. The first kappa shape index (κ1) is 11.2. The molecule has 11 heavy (non-hydrogen) atoms. The summed E-state index contributed by atoms with van der Waals surface area (Å²) in [5.74, 6) is -1.17. The summed E-state index contributed by atoms with van der Waals surface area (Å²) in [5.41, 5.74) is 0. The third-order valence-electron chi connectivity index (χ3n) is 1.57. The molecule has 0 aromatic rings. The molecule has 0 aliphatic rings. The minimum absolute atomic E-state index is 1.14. The molecule has 0 bridgehead atoms. The summed E-state index contributed by atoms with van der Waals surface area (Å²) in [5, 5.41) is 0. The van der Waals surface area contributed by atoms with E-state index in [4.69, 9.17) is 0 Å². The van der Waals surface area contributed by atoms with E-state index in [9.17, 15) is 0 Å². The predicted octanol–water partition coefficient (Wildman–Crippen LogP) is 2.11. The monoisotopic (exact) mass is 236 g/mol. The second kappa shape index (κ2) is 5.77. The number of allylic oxidation sites excluding steroid dienone is 3. The molecule has 0 spiro atoms. The maximum absolute atomic E-state index is 3.77. The Morgan fingerprint density at radius 3 is 1.36 bits per heavy atom. The van der Waals surface area contributed by atoms with Crippen molar-refractivity contribution in [3.63, 3.8) is 0 Å². The van der Waals surface area contributed by atoms with Gasteiger partial charge in [-0.15, -0.1) is 0 Å². The van der Waals surface area contributed by atoms with Crippen LogP contribution in [-0.2, 0) is 0 Å². The molecule has 2 heteroatoms. The fourth-order valence-corrected chi connectivity index (χ4v) is 5.61. The molecule has 0 N–H and O–H groups in total. The minimum atomic E-state index is -1.17. The molecular weight excluding hydrogens is 218 g/mol. The fraction of sp³-hybridized carbons (Fsp3) is 0.333. The van der Waals surface area contributed by atoms with Crippen molar-refractivity contribution in [1.29, 1.82) is 0 Å². The molecule has 0 aromatic carbocycles. The molecule has 0 rings (SSSR count). The van der Waals surface area contributed by atoms with Gasteiger partial charge < -0.3 is 0 Å². The van der Waals surface area contributed by atoms with Gasteiger partial charge >= 0.3 is 78.0 Å². The van der Waals surface area contributed by atoms with Crippen molar-refractivity contribution in [1.82, 2.24) is 0 Å². The van der Waals surface area contributed by atoms with Crippen LogP contribution in [0, 0.1) is 0 Å². The Kier molecular flexibility index (Phi) is 5.86. The Morgan fingerprint density at radius 2 is 1.18 bits per heavy atom. The van der Waals surface area contributed by atoms with Gasteiger partial charge in [0.25, 0.3) is 0 Å². The topological polar surface area (TPSA) is 0 Å². The molecule has 0 saturated heterocycles. The zero-order valence-electron chi connectivity index (χ0n) is 6.92. The third-order valence-corrected chi connectivity index (χ3v) is 8.17. The van der Waals surface area contributed by atoms with Crippen molar-refractivity contribution < 1.29 is 0 Å². The molecule has 64 valence electrons. The van der Waals surface area contributed by atoms with Crippen LogP contribution >= 0.6 is 5.95 Å². The van der Waals surface area contributed by atoms with Gasteiger partial charge in [-0.2, -0.15) is 0 Å². The van der Waals surface area contributed by atoms with Crippen molar-refractivity contribution >= 4 is 21.5 Å². The van der Waals surface area contributed by atoms with Crippen molar-refractivity contribution in [3.8, 4) is 0 Å². The molecule has 0 amide bonds. The van der Waals surface area contributed by atoms with E-state index in [0.29, 0.717) is 0 Å². The van der Waals surface area contributed by atoms with E-state index in [1.165, 1.54) is 0 Å². The van der Waals surface area contributed by atoms with Gasteiger partial charge in [-0.05, 0) is 0 Å². The number of rotatable bonds is 6. The summed E-state index contributed by atoms with van der Waals surface area (Å²) in [6.07, 6.45) is 9.47. The molecule has 0 fully saturated rings. The number of hydrogen-bond acceptors (Lipinski definition) is 0. The van der Waals surface area contributed by atoms with Crippen LogP contribution < -0.4 is 0 Å². The second-order valence-electron chi connectivity index (χ2n) is 2.70. The van der Waals surface area contributed by atoms with Crippen LogP contribution in [0.1, 0.15) is 0 Å². The van der Waals surface area contributed by atoms with E-state index in [2.05, 4.69) is 35.3 Å². The molecule has 0 radical (unpaired) electrons. The Balaban J connectivity index is 4.09. The standard InChI is InChI=1S/C9H17PSe/c1-4-7-10(11,8-5-2)9-6-3/h4-6,10-11H,1-3,7-9H2. The van der Waals surface area contributed by atoms with Crippen LogP contribution in [0.3, 0.4) is 0 Å². The van der Waals surface area contributed by atoms with E-state index < -0.39 is 5.95 Å². The van der Waals surface area contributed by atoms with Gasteiger partial charge in [0.1, 0.15) is 0 Å². The Bertz CT molecular complexity index is 125. The molecule has 0 heterocycles. The normalized spacial score (nSPS) is 12.1. The maximum atomic E-state index is 3.77. The van der Waals surface area contributed by atoms with Gasteiger partial charge in [-0.25, -0.2) is 0 Å². The quantitative estimate of drug-likeness (QED) is 0.376. The van der Waals surface area contributed by atoms with Crippen LogP contribution in [-0.4, -0.2) is 34.1 Å². The molecule has 0 aliphatic heterocycles. The Labute approximate surface area is 78.2 Å². The summed E-state index contributed by atoms with van der Waals surface area (Å²) in [6.45, 7) is 11.3. The zero-order valence-corrected chi connectivity index (χ0v) is 9.80. The first-order valence-corrected chi connectivity index (χ1v) is 9.12. The van der Waals surface area contributed by atoms with Crippen molar-refractivity contribution in [3.05, 3.63) is 38.0 Å². The first-order chi connectivity index (χ1) is 5.18. The summed E-state index contributed by atoms with van der Waals surface area (Å²) in [6, 6.07) is 0. The molecule has 0 unspecified atom stereocenters. The van der Waals surface area contributed by atoms with E-state index in [1.807, 2.05) is 18.2 Å². The molecule has 0 aliphatic carbocycles. The van der Waals surface area contributed by atoms with Crippen LogP contribution in [0.4, 0.5) is 0 Å². The second-order valence-corrected chi connectivity index (χ2v) is 12.3. The Morgan fingerprint density at radius 1 is 0.909 bits per heavy atom. The first-order valence-electron chi connectivity index (χ1n) is 3.73. The van der Waals surface area contributed by atoms with Crippen LogP contribution in [0.25, 0.3) is 0 Å². The van der Waals surface area contributed by atoms with Crippen LogP contribution in [0.5, 0.6) is 0 Å². The van der Waals surface area contributed by atoms with Gasteiger partial charge in [0.15, 0.2) is 0 Å². The molecule has 0 aromatic heterocycles. The van der Waals surface area contributed by atoms with Gasteiger partial charge in [-0.3, -0.25) is 0 Å². The molecule has 0 saturated carbocycles. The van der Waals surface area contributed by atoms with Crippen LogP contribution in [0.15, 0.2) is 38.0 Å². The number of hydrogen-bond donors (Lipinski definition) is 0. The van der Waals surface area contributed by atoms with Gasteiger partial charge in [0.05, 0.1) is 0 Å². The van der Waals surface area contributed by atoms with E-state index in [1.54, 1.807) is 0 Å². The average molecular weight is 235 g/mol. The van der Waals surface area contributed by atoms with Gasteiger partial charge in [-0.1, -0.05) is 0 Å². The zero-order chi connectivity index (χ0) is 8.74. The summed E-state index contributed by atoms with van der Waals surface area (Å²) >= 11 is 2.85. The summed E-state index contributed by atoms with van der Waals surface area (Å²) in [7, 11) is 0. The van der Waals surface area contributed by atoms with Gasteiger partial charge in [0.2, 0.25) is 0 Å². The van der Waals surface area contributed by atoms with Crippen molar-refractivity contribution in [2.75, 3.05) is 18.5 Å². The van der Waals surface area contributed by atoms with Crippen molar-refractivity contribution in [2.24, 2.45) is 0 Å². The summed E-state index contributed by atoms with van der Waals surface area (Å²) in [4.78, 5) is 0. The third kappa shape index (κ3) is 4.58. The summed E-state index contributed by atoms with van der Waals surface area (Å²) < 4.78 is 0. The average Bonchev–Trinajstić information content (AvgIpc) is 1.88. The predicted molar refractivity (Wildman–Crippen MR) is 60.7 cm³/mol. The van der Waals surface area contributed by atoms with Crippen LogP contribution in [0.2, 0.25) is 0 Å². The van der Waals surface area contributed by atoms with Gasteiger partial charge in [0, 0.05) is 0 Å². The fourth-order valence-electron chi connectivity index (χ4n) is 1.06. The van der Waals surface area contributed by atoms with E-state index >= 15 is 0 Å². The molecule has 0 atom stereocenters.